The summed E-state index contributed by atoms with van der Waals surface area (Å²) in [5.74, 6) is 0. The molecule has 0 unspecified atom stereocenters. The van der Waals surface area contributed by atoms with E-state index in [2.05, 4.69) is 5.10 Å². The fraction of sp³-hybridized carbons (Fsp3) is 0.571. The van der Waals surface area contributed by atoms with Crippen LogP contribution < -0.4 is 5.73 Å². The minimum atomic E-state index is -3.12. The van der Waals surface area contributed by atoms with Crippen molar-refractivity contribution in [3.8, 4) is 0 Å². The van der Waals surface area contributed by atoms with E-state index in [1.54, 1.807) is 4.68 Å². The molecule has 1 heterocycles. The van der Waals surface area contributed by atoms with Crippen molar-refractivity contribution in [3.63, 3.8) is 0 Å². The van der Waals surface area contributed by atoms with Crippen molar-refractivity contribution in [3.05, 3.63) is 12.4 Å². The average molecular weight is 240 g/mol. The van der Waals surface area contributed by atoms with Crippen LogP contribution >= 0.6 is 12.4 Å². The first-order chi connectivity index (χ1) is 6.04. The van der Waals surface area contributed by atoms with Crippen LogP contribution in [0.2, 0.25) is 0 Å². The van der Waals surface area contributed by atoms with Crippen molar-refractivity contribution in [2.75, 3.05) is 12.8 Å². The largest absolute Gasteiger partial charge is 0.330 e. The smallest absolute Gasteiger partial charge is 0.178 e. The lowest BCUT2D eigenvalue weighted by Gasteiger charge is -1.96. The number of sulfone groups is 1. The standard InChI is InChI=1S/C7H13N3O2S.ClH/c1-13(11,12)7-5-9-10(6-7)4-2-3-8;/h5-6H,2-4,8H2,1H3;1H. The highest BCUT2D eigenvalue weighted by Gasteiger charge is 2.08. The van der Waals surface area contributed by atoms with Gasteiger partial charge < -0.3 is 5.73 Å². The maximum Gasteiger partial charge on any atom is 0.178 e. The van der Waals surface area contributed by atoms with Gasteiger partial charge in [0.2, 0.25) is 0 Å². The predicted octanol–water partition coefficient (Wildman–Crippen LogP) is 0.0572. The topological polar surface area (TPSA) is 78.0 Å². The van der Waals surface area contributed by atoms with Gasteiger partial charge >= 0.3 is 0 Å². The predicted molar refractivity (Wildman–Crippen MR) is 56.3 cm³/mol. The zero-order valence-electron chi connectivity index (χ0n) is 7.88. The number of rotatable bonds is 4. The van der Waals surface area contributed by atoms with Crippen molar-refractivity contribution in [2.45, 2.75) is 17.9 Å². The maximum absolute atomic E-state index is 11.0. The minimum Gasteiger partial charge on any atom is -0.330 e. The van der Waals surface area contributed by atoms with Crippen molar-refractivity contribution in [2.24, 2.45) is 5.73 Å². The molecular formula is C7H14ClN3O2S. The summed E-state index contributed by atoms with van der Waals surface area (Å²) in [4.78, 5) is 0.254. The van der Waals surface area contributed by atoms with Gasteiger partial charge in [0.15, 0.2) is 9.84 Å². The van der Waals surface area contributed by atoms with Crippen LogP contribution in [-0.4, -0.2) is 31.0 Å². The van der Waals surface area contributed by atoms with Gasteiger partial charge in [0, 0.05) is 19.0 Å². The second-order valence-electron chi connectivity index (χ2n) is 2.85. The summed E-state index contributed by atoms with van der Waals surface area (Å²) in [5, 5.41) is 3.90. The Labute approximate surface area is 89.6 Å². The molecule has 0 fully saturated rings. The third-order valence-corrected chi connectivity index (χ3v) is 2.70. The Morgan fingerprint density at radius 3 is 2.64 bits per heavy atom. The summed E-state index contributed by atoms with van der Waals surface area (Å²) >= 11 is 0. The molecule has 0 amide bonds. The van der Waals surface area contributed by atoms with E-state index in [-0.39, 0.29) is 17.3 Å². The summed E-state index contributed by atoms with van der Waals surface area (Å²) in [7, 11) is -3.12. The van der Waals surface area contributed by atoms with Crippen LogP contribution in [-0.2, 0) is 16.4 Å². The third-order valence-electron chi connectivity index (χ3n) is 1.63. The zero-order chi connectivity index (χ0) is 9.90. The SMILES string of the molecule is CS(=O)(=O)c1cnn(CCCN)c1.Cl. The summed E-state index contributed by atoms with van der Waals surface area (Å²) in [6, 6.07) is 0. The van der Waals surface area contributed by atoms with E-state index in [4.69, 9.17) is 5.73 Å². The van der Waals surface area contributed by atoms with Crippen LogP contribution in [0, 0.1) is 0 Å². The van der Waals surface area contributed by atoms with Crippen molar-refractivity contribution >= 4 is 22.2 Å². The fourth-order valence-electron chi connectivity index (χ4n) is 0.912. The monoisotopic (exact) mass is 239 g/mol. The van der Waals surface area contributed by atoms with Gasteiger partial charge in [-0.2, -0.15) is 5.10 Å². The molecule has 0 saturated heterocycles. The molecule has 1 aromatic rings. The highest BCUT2D eigenvalue weighted by Crippen LogP contribution is 2.06. The first-order valence-electron chi connectivity index (χ1n) is 3.96. The molecule has 0 spiro atoms. The molecule has 0 aliphatic rings. The van der Waals surface area contributed by atoms with Gasteiger partial charge in [0.05, 0.1) is 6.20 Å². The van der Waals surface area contributed by atoms with Crippen LogP contribution in [0.4, 0.5) is 0 Å². The Morgan fingerprint density at radius 2 is 2.21 bits per heavy atom. The van der Waals surface area contributed by atoms with Gasteiger partial charge in [-0.15, -0.1) is 12.4 Å². The van der Waals surface area contributed by atoms with E-state index < -0.39 is 9.84 Å². The molecule has 0 aromatic carbocycles. The first-order valence-corrected chi connectivity index (χ1v) is 5.86. The van der Waals surface area contributed by atoms with Gasteiger partial charge in [-0.05, 0) is 13.0 Å². The molecule has 82 valence electrons. The van der Waals surface area contributed by atoms with E-state index in [1.807, 2.05) is 0 Å². The molecule has 0 bridgehead atoms. The number of aryl methyl sites for hydroxylation is 1. The Balaban J connectivity index is 0.00000169. The van der Waals surface area contributed by atoms with Gasteiger partial charge in [0.1, 0.15) is 4.90 Å². The van der Waals surface area contributed by atoms with Crippen molar-refractivity contribution in [1.29, 1.82) is 0 Å². The molecule has 0 saturated carbocycles. The molecule has 14 heavy (non-hydrogen) atoms. The summed E-state index contributed by atoms with van der Waals surface area (Å²) in [6.45, 7) is 1.24. The van der Waals surface area contributed by atoms with Crippen LogP contribution in [0.25, 0.3) is 0 Å². The number of nitrogens with zero attached hydrogens (tertiary/aromatic N) is 2. The third kappa shape index (κ3) is 3.65. The first kappa shape index (κ1) is 13.4. The zero-order valence-corrected chi connectivity index (χ0v) is 9.51. The Kier molecular flexibility index (Phi) is 5.11. The van der Waals surface area contributed by atoms with Crippen molar-refractivity contribution < 1.29 is 8.42 Å². The number of aromatic nitrogens is 2. The van der Waals surface area contributed by atoms with Crippen LogP contribution in [0.15, 0.2) is 17.3 Å². The molecule has 0 aliphatic heterocycles. The van der Waals surface area contributed by atoms with E-state index in [0.29, 0.717) is 13.1 Å². The highest BCUT2D eigenvalue weighted by atomic mass is 35.5. The van der Waals surface area contributed by atoms with E-state index >= 15 is 0 Å². The van der Waals surface area contributed by atoms with E-state index in [1.165, 1.54) is 12.4 Å². The number of hydrogen-bond acceptors (Lipinski definition) is 4. The molecule has 0 radical (unpaired) electrons. The minimum absolute atomic E-state index is 0. The average Bonchev–Trinajstić information content (AvgIpc) is 2.47. The van der Waals surface area contributed by atoms with Gasteiger partial charge in [0.25, 0.3) is 0 Å². The highest BCUT2D eigenvalue weighted by molar-refractivity contribution is 7.90. The number of halogens is 1. The molecule has 0 aliphatic carbocycles. The number of hydrogen-bond donors (Lipinski definition) is 1. The lowest BCUT2D eigenvalue weighted by Crippen LogP contribution is -2.05. The van der Waals surface area contributed by atoms with E-state index in [9.17, 15) is 8.42 Å². The van der Waals surface area contributed by atoms with Crippen LogP contribution in [0.3, 0.4) is 0 Å². The maximum atomic E-state index is 11.0. The van der Waals surface area contributed by atoms with Gasteiger partial charge in [-0.1, -0.05) is 0 Å². The molecular weight excluding hydrogens is 226 g/mol. The Bertz CT molecular complexity index is 374. The summed E-state index contributed by atoms with van der Waals surface area (Å²) < 4.78 is 23.7. The van der Waals surface area contributed by atoms with Crippen LogP contribution in [0.5, 0.6) is 0 Å². The molecule has 7 heteroatoms. The molecule has 1 rings (SSSR count). The van der Waals surface area contributed by atoms with Gasteiger partial charge in [-0.3, -0.25) is 4.68 Å². The molecule has 0 atom stereocenters. The fourth-order valence-corrected chi connectivity index (χ4v) is 1.46. The second-order valence-corrected chi connectivity index (χ2v) is 4.87. The van der Waals surface area contributed by atoms with E-state index in [0.717, 1.165) is 12.7 Å². The second kappa shape index (κ2) is 5.33. The lowest BCUT2D eigenvalue weighted by molar-refractivity contribution is 0.582. The lowest BCUT2D eigenvalue weighted by atomic mass is 10.4. The van der Waals surface area contributed by atoms with Crippen molar-refractivity contribution in [1.82, 2.24) is 9.78 Å². The van der Waals surface area contributed by atoms with Gasteiger partial charge in [-0.25, -0.2) is 8.42 Å². The van der Waals surface area contributed by atoms with Crippen LogP contribution in [0.1, 0.15) is 6.42 Å². The summed E-state index contributed by atoms with van der Waals surface area (Å²) in [6.07, 6.45) is 4.83. The molecule has 2 N–H and O–H groups in total. The number of nitrogens with two attached hydrogens (primary N) is 1. The normalized spacial score (nSPS) is 11.0. The Hall–Kier alpha value is -0.590. The molecule has 1 aromatic heterocycles. The molecule has 5 nitrogen and oxygen atoms in total. The quantitative estimate of drug-likeness (QED) is 0.806. The summed E-state index contributed by atoms with van der Waals surface area (Å²) in [5.41, 5.74) is 5.31. The Morgan fingerprint density at radius 1 is 1.57 bits per heavy atom.